The van der Waals surface area contributed by atoms with Crippen molar-refractivity contribution in [3.8, 4) is 0 Å². The largest absolute Gasteiger partial charge is 0.478 e. The first kappa shape index (κ1) is 8.27. The molecule has 0 aromatic carbocycles. The zero-order valence-corrected chi connectivity index (χ0v) is 6.32. The third-order valence-electron chi connectivity index (χ3n) is 1.67. The summed E-state index contributed by atoms with van der Waals surface area (Å²) in [4.78, 5) is 10.1. The Morgan fingerprint density at radius 2 is 2.36 bits per heavy atom. The van der Waals surface area contributed by atoms with Gasteiger partial charge in [-0.25, -0.2) is 4.79 Å². The second kappa shape index (κ2) is 4.13. The first-order valence-corrected chi connectivity index (χ1v) is 3.82. The standard InChI is InChI=1S/C8H12O3/c9-8(10)5-4-7-3-1-2-6-11-7/h4-5,7H,1-3,6H2,(H,9,10). The van der Waals surface area contributed by atoms with E-state index in [1.807, 2.05) is 0 Å². The van der Waals surface area contributed by atoms with E-state index < -0.39 is 5.97 Å². The lowest BCUT2D eigenvalue weighted by molar-refractivity contribution is -0.131. The molecule has 11 heavy (non-hydrogen) atoms. The second-order valence-electron chi connectivity index (χ2n) is 2.60. The molecular formula is C8H12O3. The van der Waals surface area contributed by atoms with Crippen LogP contribution in [0.3, 0.4) is 0 Å². The number of aliphatic carboxylic acids is 1. The second-order valence-corrected chi connectivity index (χ2v) is 2.60. The Bertz CT molecular complexity index is 157. The van der Waals surface area contributed by atoms with Gasteiger partial charge in [0.15, 0.2) is 0 Å². The van der Waals surface area contributed by atoms with Crippen molar-refractivity contribution in [2.45, 2.75) is 25.4 Å². The van der Waals surface area contributed by atoms with Crippen LogP contribution in [0, 0.1) is 0 Å². The molecule has 0 bridgehead atoms. The fourth-order valence-corrected chi connectivity index (χ4v) is 1.11. The summed E-state index contributed by atoms with van der Waals surface area (Å²) < 4.78 is 5.28. The third kappa shape index (κ3) is 3.18. The molecule has 1 aliphatic heterocycles. The van der Waals surface area contributed by atoms with E-state index in [4.69, 9.17) is 9.84 Å². The smallest absolute Gasteiger partial charge is 0.328 e. The van der Waals surface area contributed by atoms with Crippen LogP contribution in [0.2, 0.25) is 0 Å². The molecule has 0 radical (unpaired) electrons. The highest BCUT2D eigenvalue weighted by atomic mass is 16.5. The number of hydrogen-bond acceptors (Lipinski definition) is 2. The third-order valence-corrected chi connectivity index (χ3v) is 1.67. The molecule has 0 aliphatic carbocycles. The Morgan fingerprint density at radius 1 is 1.55 bits per heavy atom. The maximum Gasteiger partial charge on any atom is 0.328 e. The van der Waals surface area contributed by atoms with Crippen LogP contribution in [-0.2, 0) is 9.53 Å². The summed E-state index contributed by atoms with van der Waals surface area (Å²) in [7, 11) is 0. The maximum absolute atomic E-state index is 10.1. The van der Waals surface area contributed by atoms with Gasteiger partial charge in [-0.3, -0.25) is 0 Å². The van der Waals surface area contributed by atoms with Crippen molar-refractivity contribution in [3.63, 3.8) is 0 Å². The molecule has 1 saturated heterocycles. The van der Waals surface area contributed by atoms with E-state index in [1.165, 1.54) is 0 Å². The van der Waals surface area contributed by atoms with Crippen LogP contribution in [0.15, 0.2) is 12.2 Å². The molecule has 1 heterocycles. The van der Waals surface area contributed by atoms with E-state index in [1.54, 1.807) is 6.08 Å². The summed E-state index contributed by atoms with van der Waals surface area (Å²) in [6.07, 6.45) is 5.97. The first-order chi connectivity index (χ1) is 5.29. The summed E-state index contributed by atoms with van der Waals surface area (Å²) in [5, 5.41) is 8.30. The van der Waals surface area contributed by atoms with Crippen LogP contribution >= 0.6 is 0 Å². The Balaban J connectivity index is 2.29. The van der Waals surface area contributed by atoms with Gasteiger partial charge in [0.25, 0.3) is 0 Å². The van der Waals surface area contributed by atoms with Gasteiger partial charge in [0.05, 0.1) is 6.10 Å². The molecule has 1 rings (SSSR count). The zero-order chi connectivity index (χ0) is 8.10. The summed E-state index contributed by atoms with van der Waals surface area (Å²) in [5.41, 5.74) is 0. The molecule has 0 saturated carbocycles. The summed E-state index contributed by atoms with van der Waals surface area (Å²) in [6.45, 7) is 0.759. The Labute approximate surface area is 65.7 Å². The van der Waals surface area contributed by atoms with E-state index in [0.717, 1.165) is 31.9 Å². The van der Waals surface area contributed by atoms with Crippen molar-refractivity contribution < 1.29 is 14.6 Å². The number of carbonyl (C=O) groups is 1. The highest BCUT2D eigenvalue weighted by Gasteiger charge is 2.09. The van der Waals surface area contributed by atoms with Crippen LogP contribution in [0.4, 0.5) is 0 Å². The van der Waals surface area contributed by atoms with Gasteiger partial charge in [0, 0.05) is 12.7 Å². The number of hydrogen-bond donors (Lipinski definition) is 1. The topological polar surface area (TPSA) is 46.5 Å². The van der Waals surface area contributed by atoms with E-state index in [-0.39, 0.29) is 6.10 Å². The van der Waals surface area contributed by atoms with Crippen molar-refractivity contribution in [3.05, 3.63) is 12.2 Å². The zero-order valence-electron chi connectivity index (χ0n) is 6.32. The first-order valence-electron chi connectivity index (χ1n) is 3.82. The van der Waals surface area contributed by atoms with Gasteiger partial charge < -0.3 is 9.84 Å². The number of ether oxygens (including phenoxy) is 1. The van der Waals surface area contributed by atoms with Crippen molar-refractivity contribution in [1.29, 1.82) is 0 Å². The van der Waals surface area contributed by atoms with E-state index in [0.29, 0.717) is 0 Å². The Morgan fingerprint density at radius 3 is 2.91 bits per heavy atom. The van der Waals surface area contributed by atoms with Gasteiger partial charge in [-0.05, 0) is 25.3 Å². The molecule has 1 unspecified atom stereocenters. The monoisotopic (exact) mass is 156 g/mol. The van der Waals surface area contributed by atoms with Crippen LogP contribution < -0.4 is 0 Å². The molecule has 1 fully saturated rings. The molecule has 62 valence electrons. The van der Waals surface area contributed by atoms with Crippen LogP contribution in [-0.4, -0.2) is 23.8 Å². The summed E-state index contributed by atoms with van der Waals surface area (Å²) in [5.74, 6) is -0.904. The molecule has 3 nitrogen and oxygen atoms in total. The van der Waals surface area contributed by atoms with Gasteiger partial charge in [0.1, 0.15) is 0 Å². The molecule has 1 aliphatic rings. The van der Waals surface area contributed by atoms with E-state index in [2.05, 4.69) is 0 Å². The van der Waals surface area contributed by atoms with Crippen molar-refractivity contribution >= 4 is 5.97 Å². The molecular weight excluding hydrogens is 144 g/mol. The average molecular weight is 156 g/mol. The fraction of sp³-hybridized carbons (Fsp3) is 0.625. The molecule has 0 aromatic heterocycles. The Kier molecular flexibility index (Phi) is 3.11. The van der Waals surface area contributed by atoms with Crippen LogP contribution in [0.5, 0.6) is 0 Å². The minimum absolute atomic E-state index is 0.0276. The highest BCUT2D eigenvalue weighted by Crippen LogP contribution is 2.13. The SMILES string of the molecule is O=C(O)C=CC1CCCCO1. The quantitative estimate of drug-likeness (QED) is 0.611. The van der Waals surface area contributed by atoms with Crippen molar-refractivity contribution in [2.24, 2.45) is 0 Å². The van der Waals surface area contributed by atoms with Crippen molar-refractivity contribution in [1.82, 2.24) is 0 Å². The van der Waals surface area contributed by atoms with E-state index in [9.17, 15) is 4.79 Å². The minimum Gasteiger partial charge on any atom is -0.478 e. The highest BCUT2D eigenvalue weighted by molar-refractivity contribution is 5.79. The fourth-order valence-electron chi connectivity index (χ4n) is 1.11. The number of rotatable bonds is 2. The van der Waals surface area contributed by atoms with Crippen molar-refractivity contribution in [2.75, 3.05) is 6.61 Å². The van der Waals surface area contributed by atoms with Crippen LogP contribution in [0.1, 0.15) is 19.3 Å². The summed E-state index contributed by atoms with van der Waals surface area (Å²) in [6, 6.07) is 0. The average Bonchev–Trinajstić information content (AvgIpc) is 2.03. The lowest BCUT2D eigenvalue weighted by Gasteiger charge is -2.18. The van der Waals surface area contributed by atoms with Gasteiger partial charge in [-0.2, -0.15) is 0 Å². The van der Waals surface area contributed by atoms with E-state index >= 15 is 0 Å². The molecule has 1 N–H and O–H groups in total. The number of carboxylic acids is 1. The predicted octanol–water partition coefficient (Wildman–Crippen LogP) is 1.20. The summed E-state index contributed by atoms with van der Waals surface area (Å²) >= 11 is 0. The molecule has 0 aromatic rings. The number of carboxylic acid groups (broad SMARTS) is 1. The van der Waals surface area contributed by atoms with Crippen LogP contribution in [0.25, 0.3) is 0 Å². The molecule has 0 spiro atoms. The normalized spacial score (nSPS) is 25.6. The van der Waals surface area contributed by atoms with Gasteiger partial charge in [-0.15, -0.1) is 0 Å². The minimum atomic E-state index is -0.904. The molecule has 0 amide bonds. The maximum atomic E-state index is 10.1. The molecule has 1 atom stereocenters. The van der Waals surface area contributed by atoms with Gasteiger partial charge >= 0.3 is 5.97 Å². The lowest BCUT2D eigenvalue weighted by Crippen LogP contribution is -2.16. The lowest BCUT2D eigenvalue weighted by atomic mass is 10.1. The van der Waals surface area contributed by atoms with Gasteiger partial charge in [-0.1, -0.05) is 0 Å². The van der Waals surface area contributed by atoms with Gasteiger partial charge in [0.2, 0.25) is 0 Å². The molecule has 3 heteroatoms. The Hall–Kier alpha value is -0.830. The predicted molar refractivity (Wildman–Crippen MR) is 40.4 cm³/mol.